The van der Waals surface area contributed by atoms with Gasteiger partial charge < -0.3 is 9.47 Å². The molecular weight excluding hydrogens is 316 g/mol. The molecule has 1 fully saturated rings. The number of rotatable bonds is 5. The third kappa shape index (κ3) is 3.85. The van der Waals surface area contributed by atoms with Crippen LogP contribution in [0.15, 0.2) is 29.8 Å². The minimum absolute atomic E-state index is 0.00724. The molecule has 0 radical (unpaired) electrons. The molecule has 0 unspecified atom stereocenters. The third-order valence-electron chi connectivity index (χ3n) is 3.75. The first-order chi connectivity index (χ1) is 11.0. The second-order valence-electron chi connectivity index (χ2n) is 5.58. The Bertz CT molecular complexity index is 767. The van der Waals surface area contributed by atoms with Gasteiger partial charge in [0, 0.05) is 32.5 Å². The molecule has 0 spiro atoms. The summed E-state index contributed by atoms with van der Waals surface area (Å²) in [5.41, 5.74) is 0. The lowest BCUT2D eigenvalue weighted by Gasteiger charge is -2.27. The molecule has 124 valence electrons. The molecule has 0 aliphatic carbocycles. The highest BCUT2D eigenvalue weighted by Gasteiger charge is 2.18. The standard InChI is InChI=1S/C14H20N6O2S/c1-19-10-14(16-11-19)23(21,22)17-9-12-15-6-5-13(18-12)20-7-3-2-4-8-20/h5-6,10-11,17H,2-4,7-9H2,1H3. The highest BCUT2D eigenvalue weighted by Crippen LogP contribution is 2.17. The normalized spacial score (nSPS) is 15.8. The van der Waals surface area contributed by atoms with Crippen molar-refractivity contribution >= 4 is 15.8 Å². The lowest BCUT2D eigenvalue weighted by Crippen LogP contribution is -2.31. The van der Waals surface area contributed by atoms with Gasteiger partial charge in [0.15, 0.2) is 5.03 Å². The molecular formula is C14H20N6O2S. The van der Waals surface area contributed by atoms with E-state index in [9.17, 15) is 8.42 Å². The third-order valence-corrected chi connectivity index (χ3v) is 5.03. The number of aromatic nitrogens is 4. The van der Waals surface area contributed by atoms with Gasteiger partial charge >= 0.3 is 0 Å². The Labute approximate surface area is 135 Å². The van der Waals surface area contributed by atoms with Crippen LogP contribution in [-0.4, -0.2) is 41.0 Å². The lowest BCUT2D eigenvalue weighted by molar-refractivity contribution is 0.568. The zero-order chi connectivity index (χ0) is 16.3. The molecule has 3 rings (SSSR count). The van der Waals surface area contributed by atoms with Gasteiger partial charge in [-0.3, -0.25) is 0 Å². The highest BCUT2D eigenvalue weighted by atomic mass is 32.2. The SMILES string of the molecule is Cn1cnc(S(=O)(=O)NCc2nccc(N3CCCCC3)n2)c1. The first-order valence-electron chi connectivity index (χ1n) is 7.59. The maximum atomic E-state index is 12.2. The number of anilines is 1. The molecule has 1 aliphatic heterocycles. The van der Waals surface area contributed by atoms with Crippen LogP contribution >= 0.6 is 0 Å². The molecule has 3 heterocycles. The van der Waals surface area contributed by atoms with Gasteiger partial charge in [-0.25, -0.2) is 28.1 Å². The molecule has 1 saturated heterocycles. The fraction of sp³-hybridized carbons (Fsp3) is 0.500. The van der Waals surface area contributed by atoms with E-state index in [1.807, 2.05) is 6.07 Å². The monoisotopic (exact) mass is 336 g/mol. The van der Waals surface area contributed by atoms with Gasteiger partial charge in [-0.15, -0.1) is 0 Å². The number of imidazole rings is 1. The molecule has 9 heteroatoms. The number of sulfonamides is 1. The Balaban J connectivity index is 1.68. The summed E-state index contributed by atoms with van der Waals surface area (Å²) in [5, 5.41) is -0.00724. The van der Waals surface area contributed by atoms with Gasteiger partial charge in [0.1, 0.15) is 11.6 Å². The maximum Gasteiger partial charge on any atom is 0.259 e. The quantitative estimate of drug-likeness (QED) is 0.863. The van der Waals surface area contributed by atoms with Crippen molar-refractivity contribution in [3.05, 3.63) is 30.6 Å². The minimum atomic E-state index is -3.65. The van der Waals surface area contributed by atoms with Crippen LogP contribution in [0.2, 0.25) is 0 Å². The largest absolute Gasteiger partial charge is 0.357 e. The summed E-state index contributed by atoms with van der Waals surface area (Å²) in [6.45, 7) is 2.01. The predicted octanol–water partition coefficient (Wildman–Crippen LogP) is 0.679. The highest BCUT2D eigenvalue weighted by molar-refractivity contribution is 7.89. The molecule has 23 heavy (non-hydrogen) atoms. The number of aryl methyl sites for hydroxylation is 1. The van der Waals surface area contributed by atoms with Crippen LogP contribution in [0, 0.1) is 0 Å². The van der Waals surface area contributed by atoms with Crippen molar-refractivity contribution in [2.45, 2.75) is 30.8 Å². The zero-order valence-electron chi connectivity index (χ0n) is 13.0. The van der Waals surface area contributed by atoms with Crippen molar-refractivity contribution in [3.8, 4) is 0 Å². The van der Waals surface area contributed by atoms with E-state index in [2.05, 4.69) is 24.6 Å². The Morgan fingerprint density at radius 2 is 2.00 bits per heavy atom. The number of hydrogen-bond acceptors (Lipinski definition) is 6. The molecule has 0 atom stereocenters. The summed E-state index contributed by atoms with van der Waals surface area (Å²) in [6, 6.07) is 1.86. The van der Waals surface area contributed by atoms with Crippen molar-refractivity contribution in [1.82, 2.24) is 24.2 Å². The zero-order valence-corrected chi connectivity index (χ0v) is 13.8. The Morgan fingerprint density at radius 3 is 2.70 bits per heavy atom. The van der Waals surface area contributed by atoms with E-state index in [-0.39, 0.29) is 11.6 Å². The van der Waals surface area contributed by atoms with Crippen LogP contribution in [-0.2, 0) is 23.6 Å². The van der Waals surface area contributed by atoms with Crippen molar-refractivity contribution in [1.29, 1.82) is 0 Å². The summed E-state index contributed by atoms with van der Waals surface area (Å²) in [6.07, 6.45) is 8.13. The van der Waals surface area contributed by atoms with Gasteiger partial charge in [-0.05, 0) is 25.3 Å². The van der Waals surface area contributed by atoms with Gasteiger partial charge in [-0.2, -0.15) is 0 Å². The molecule has 0 aromatic carbocycles. The van der Waals surface area contributed by atoms with Crippen molar-refractivity contribution in [2.75, 3.05) is 18.0 Å². The predicted molar refractivity (Wildman–Crippen MR) is 85.3 cm³/mol. The first-order valence-corrected chi connectivity index (χ1v) is 9.07. The van der Waals surface area contributed by atoms with E-state index in [1.165, 1.54) is 18.9 Å². The molecule has 2 aromatic heterocycles. The van der Waals surface area contributed by atoms with Gasteiger partial charge in [0.25, 0.3) is 10.0 Å². The summed E-state index contributed by atoms with van der Waals surface area (Å²) in [4.78, 5) is 14.7. The van der Waals surface area contributed by atoms with E-state index >= 15 is 0 Å². The molecule has 0 saturated carbocycles. The molecule has 1 N–H and O–H groups in total. The van der Waals surface area contributed by atoms with Crippen molar-refractivity contribution in [3.63, 3.8) is 0 Å². The molecule has 8 nitrogen and oxygen atoms in total. The summed E-state index contributed by atoms with van der Waals surface area (Å²) in [7, 11) is -1.93. The topological polar surface area (TPSA) is 93.0 Å². The fourth-order valence-electron chi connectivity index (χ4n) is 2.53. The molecule has 2 aromatic rings. The summed E-state index contributed by atoms with van der Waals surface area (Å²) in [5.74, 6) is 1.30. The summed E-state index contributed by atoms with van der Waals surface area (Å²) < 4.78 is 28.4. The second-order valence-corrected chi connectivity index (χ2v) is 7.29. The average molecular weight is 336 g/mol. The van der Waals surface area contributed by atoms with E-state index < -0.39 is 10.0 Å². The number of nitrogens with one attached hydrogen (secondary N) is 1. The van der Waals surface area contributed by atoms with Crippen LogP contribution in [0.5, 0.6) is 0 Å². The van der Waals surface area contributed by atoms with E-state index in [4.69, 9.17) is 0 Å². The maximum absolute atomic E-state index is 12.2. The van der Waals surface area contributed by atoms with E-state index in [0.717, 1.165) is 31.7 Å². The number of nitrogens with zero attached hydrogens (tertiary/aromatic N) is 5. The lowest BCUT2D eigenvalue weighted by atomic mass is 10.1. The molecule has 0 bridgehead atoms. The second kappa shape index (κ2) is 6.63. The Morgan fingerprint density at radius 1 is 1.22 bits per heavy atom. The Hall–Kier alpha value is -2.00. The van der Waals surface area contributed by atoms with Crippen LogP contribution in [0.25, 0.3) is 0 Å². The number of piperidine rings is 1. The van der Waals surface area contributed by atoms with E-state index in [0.29, 0.717) is 5.82 Å². The van der Waals surface area contributed by atoms with Gasteiger partial charge in [-0.1, -0.05) is 0 Å². The Kier molecular flexibility index (Phi) is 4.58. The average Bonchev–Trinajstić information content (AvgIpc) is 3.02. The smallest absolute Gasteiger partial charge is 0.259 e. The molecule has 1 aliphatic rings. The first kappa shape index (κ1) is 15.9. The summed E-state index contributed by atoms with van der Waals surface area (Å²) >= 11 is 0. The van der Waals surface area contributed by atoms with Crippen LogP contribution in [0.3, 0.4) is 0 Å². The van der Waals surface area contributed by atoms with Crippen LogP contribution in [0.4, 0.5) is 5.82 Å². The van der Waals surface area contributed by atoms with Crippen molar-refractivity contribution in [2.24, 2.45) is 7.05 Å². The van der Waals surface area contributed by atoms with E-state index in [1.54, 1.807) is 17.8 Å². The molecule has 0 amide bonds. The van der Waals surface area contributed by atoms with Crippen LogP contribution in [0.1, 0.15) is 25.1 Å². The van der Waals surface area contributed by atoms with Gasteiger partial charge in [0.05, 0.1) is 12.9 Å². The number of hydrogen-bond donors (Lipinski definition) is 1. The van der Waals surface area contributed by atoms with Crippen molar-refractivity contribution < 1.29 is 8.42 Å². The van der Waals surface area contributed by atoms with Crippen LogP contribution < -0.4 is 9.62 Å². The fourth-order valence-corrected chi connectivity index (χ4v) is 3.49. The minimum Gasteiger partial charge on any atom is -0.357 e. The van der Waals surface area contributed by atoms with Gasteiger partial charge in [0.2, 0.25) is 0 Å².